The average molecular weight is 177 g/mol. The van der Waals surface area contributed by atoms with E-state index < -0.39 is 0 Å². The minimum absolute atomic E-state index is 0.516. The van der Waals surface area contributed by atoms with Crippen molar-refractivity contribution in [2.75, 3.05) is 6.61 Å². The Morgan fingerprint density at radius 3 is 2.88 bits per heavy atom. The van der Waals surface area contributed by atoms with Crippen LogP contribution in [0.4, 0.5) is 0 Å². The van der Waals surface area contributed by atoms with E-state index in [1.165, 1.54) is 12.5 Å². The van der Waals surface area contributed by atoms with Crippen LogP contribution >= 0.6 is 15.9 Å². The van der Waals surface area contributed by atoms with Gasteiger partial charge >= 0.3 is 0 Å². The average Bonchev–Trinajstić information content (AvgIpc) is 1.90. The molecular weight excluding hydrogens is 172 g/mol. The third kappa shape index (κ3) is 1.26. The first-order valence-corrected chi connectivity index (χ1v) is 3.07. The van der Waals surface area contributed by atoms with Crippen LogP contribution in [0, 0.1) is 0 Å². The van der Waals surface area contributed by atoms with E-state index in [1.54, 1.807) is 4.99 Å². The zero-order valence-corrected chi connectivity index (χ0v) is 5.72. The normalized spacial score (nSPS) is 22.4. The number of rotatable bonds is 0. The fourth-order valence-corrected chi connectivity index (χ4v) is 0.616. The highest BCUT2D eigenvalue weighted by Gasteiger charge is 1.97. The van der Waals surface area contributed by atoms with Crippen molar-refractivity contribution in [1.82, 2.24) is 0 Å². The van der Waals surface area contributed by atoms with Crippen molar-refractivity contribution in [2.24, 2.45) is 0 Å². The summed E-state index contributed by atoms with van der Waals surface area (Å²) in [7, 11) is 0. The molecule has 0 fully saturated rings. The lowest BCUT2D eigenvalue weighted by atomic mass is 10.6. The topological polar surface area (TPSA) is 18.5 Å². The van der Waals surface area contributed by atoms with Crippen molar-refractivity contribution in [2.45, 2.75) is 0 Å². The van der Waals surface area contributed by atoms with Crippen LogP contribution in [0.3, 0.4) is 0 Å². The van der Waals surface area contributed by atoms with Gasteiger partial charge in [-0.3, -0.25) is 0 Å². The van der Waals surface area contributed by atoms with Crippen LogP contribution < -0.4 is 0 Å². The predicted molar refractivity (Wildman–Crippen MR) is 33.2 cm³/mol. The molecule has 2 nitrogen and oxygen atoms in total. The molecule has 3 heteroatoms. The van der Waals surface area contributed by atoms with Gasteiger partial charge in [-0.05, 0) is 0 Å². The molecule has 1 aliphatic heterocycles. The van der Waals surface area contributed by atoms with Gasteiger partial charge < -0.3 is 9.47 Å². The first kappa shape index (κ1) is 5.69. The summed E-state index contributed by atoms with van der Waals surface area (Å²) in [6, 6.07) is 0. The summed E-state index contributed by atoms with van der Waals surface area (Å²) in [4.78, 5) is 1.69. The lowest BCUT2D eigenvalue weighted by molar-refractivity contribution is 0.167. The molecule has 0 aliphatic carbocycles. The Balaban J connectivity index is 2.50. The lowest BCUT2D eigenvalue weighted by Gasteiger charge is -2.08. The first-order chi connectivity index (χ1) is 3.93. The summed E-state index contributed by atoms with van der Waals surface area (Å²) in [6.07, 6.45) is 3.01. The lowest BCUT2D eigenvalue weighted by Crippen LogP contribution is -1.98. The molecule has 0 unspecified atom stereocenters. The molecule has 0 spiro atoms. The second-order valence-electron chi connectivity index (χ2n) is 1.28. The van der Waals surface area contributed by atoms with Crippen LogP contribution in [-0.2, 0) is 9.47 Å². The summed E-state index contributed by atoms with van der Waals surface area (Å²) in [6.45, 7) is 0.516. The molecule has 0 aromatic heterocycles. The molecular formula is C5H5BrO2. The Morgan fingerprint density at radius 2 is 2.50 bits per heavy atom. The molecule has 1 heterocycles. The van der Waals surface area contributed by atoms with E-state index >= 15 is 0 Å². The van der Waals surface area contributed by atoms with Crippen LogP contribution in [0.2, 0.25) is 0 Å². The Labute approximate surface area is 55.9 Å². The van der Waals surface area contributed by atoms with E-state index in [0.717, 1.165) is 5.76 Å². The zero-order valence-electron chi connectivity index (χ0n) is 4.13. The zero-order chi connectivity index (χ0) is 5.82. The van der Waals surface area contributed by atoms with Crippen LogP contribution in [-0.4, -0.2) is 6.61 Å². The standard InChI is InChI=1S/C5H5BrO2/c6-3-5-4-7-1-2-8-5/h1-3H,4H2. The second-order valence-corrected chi connectivity index (χ2v) is 1.73. The fourth-order valence-electron chi connectivity index (χ4n) is 0.376. The van der Waals surface area contributed by atoms with Crippen molar-refractivity contribution < 1.29 is 9.47 Å². The monoisotopic (exact) mass is 176 g/mol. The predicted octanol–water partition coefficient (Wildman–Crippen LogP) is 1.74. The summed E-state index contributed by atoms with van der Waals surface area (Å²) < 4.78 is 9.80. The third-order valence-corrected chi connectivity index (χ3v) is 1.23. The van der Waals surface area contributed by atoms with E-state index in [0.29, 0.717) is 6.61 Å². The number of hydrogen-bond acceptors (Lipinski definition) is 2. The van der Waals surface area contributed by atoms with Crippen molar-refractivity contribution in [3.8, 4) is 0 Å². The van der Waals surface area contributed by atoms with E-state index in [9.17, 15) is 0 Å². The summed E-state index contributed by atoms with van der Waals surface area (Å²) in [5.74, 6) is 0.785. The maximum atomic E-state index is 4.94. The van der Waals surface area contributed by atoms with Crippen molar-refractivity contribution in [1.29, 1.82) is 0 Å². The van der Waals surface area contributed by atoms with Gasteiger partial charge in [-0.1, -0.05) is 15.9 Å². The molecule has 0 radical (unpaired) electrons. The molecule has 0 atom stereocenters. The van der Waals surface area contributed by atoms with Gasteiger partial charge in [0.1, 0.15) is 24.9 Å². The summed E-state index contributed by atoms with van der Waals surface area (Å²) in [5.41, 5.74) is 0. The maximum Gasteiger partial charge on any atom is 0.148 e. The molecule has 0 aromatic rings. The molecule has 0 saturated carbocycles. The van der Waals surface area contributed by atoms with Gasteiger partial charge in [0.05, 0.1) is 0 Å². The molecule has 44 valence electrons. The summed E-state index contributed by atoms with van der Waals surface area (Å²) in [5, 5.41) is 0. The van der Waals surface area contributed by atoms with Gasteiger partial charge in [0.15, 0.2) is 0 Å². The smallest absolute Gasteiger partial charge is 0.148 e. The van der Waals surface area contributed by atoms with Crippen LogP contribution in [0.1, 0.15) is 0 Å². The molecule has 0 aromatic carbocycles. The van der Waals surface area contributed by atoms with Gasteiger partial charge in [-0.2, -0.15) is 0 Å². The Kier molecular flexibility index (Phi) is 1.97. The van der Waals surface area contributed by atoms with Crippen LogP contribution in [0.15, 0.2) is 23.3 Å². The Hall–Kier alpha value is -0.440. The third-order valence-electron chi connectivity index (χ3n) is 0.718. The van der Waals surface area contributed by atoms with E-state index in [2.05, 4.69) is 15.9 Å². The molecule has 0 N–H and O–H groups in total. The van der Waals surface area contributed by atoms with Crippen LogP contribution in [0.5, 0.6) is 0 Å². The Morgan fingerprint density at radius 1 is 1.62 bits per heavy atom. The number of halogens is 1. The molecule has 0 bridgehead atoms. The SMILES string of the molecule is BrC=C1COC=CO1. The van der Waals surface area contributed by atoms with Gasteiger partial charge in [-0.15, -0.1) is 0 Å². The van der Waals surface area contributed by atoms with E-state index in [-0.39, 0.29) is 0 Å². The highest BCUT2D eigenvalue weighted by atomic mass is 79.9. The summed E-state index contributed by atoms with van der Waals surface area (Å²) >= 11 is 3.11. The van der Waals surface area contributed by atoms with E-state index in [1.807, 2.05) is 0 Å². The molecule has 1 aliphatic rings. The molecule has 0 saturated heterocycles. The van der Waals surface area contributed by atoms with Crippen molar-refractivity contribution >= 4 is 15.9 Å². The van der Waals surface area contributed by atoms with Crippen LogP contribution in [0.25, 0.3) is 0 Å². The highest BCUT2D eigenvalue weighted by Crippen LogP contribution is 2.06. The number of ether oxygens (including phenoxy) is 2. The molecule has 0 amide bonds. The maximum absolute atomic E-state index is 4.94. The fraction of sp³-hybridized carbons (Fsp3) is 0.200. The minimum atomic E-state index is 0.516. The molecule has 1 rings (SSSR count). The Bertz CT molecular complexity index is 128. The second kappa shape index (κ2) is 2.77. The van der Waals surface area contributed by atoms with Crippen molar-refractivity contribution in [3.63, 3.8) is 0 Å². The quantitative estimate of drug-likeness (QED) is 0.561. The first-order valence-electron chi connectivity index (χ1n) is 2.16. The van der Waals surface area contributed by atoms with Gasteiger partial charge in [0.2, 0.25) is 0 Å². The molecule has 8 heavy (non-hydrogen) atoms. The van der Waals surface area contributed by atoms with Gasteiger partial charge in [-0.25, -0.2) is 0 Å². The van der Waals surface area contributed by atoms with Gasteiger partial charge in [0.25, 0.3) is 0 Å². The highest BCUT2D eigenvalue weighted by molar-refractivity contribution is 9.11. The minimum Gasteiger partial charge on any atom is -0.490 e. The number of hydrogen-bond donors (Lipinski definition) is 0. The van der Waals surface area contributed by atoms with Crippen molar-refractivity contribution in [3.05, 3.63) is 23.3 Å². The van der Waals surface area contributed by atoms with E-state index in [4.69, 9.17) is 9.47 Å². The largest absolute Gasteiger partial charge is 0.490 e. The van der Waals surface area contributed by atoms with Gasteiger partial charge in [0, 0.05) is 4.99 Å².